The van der Waals surface area contributed by atoms with Crippen LogP contribution in [0.15, 0.2) is 5.38 Å². The van der Waals surface area contributed by atoms with E-state index >= 15 is 0 Å². The lowest BCUT2D eigenvalue weighted by molar-refractivity contribution is -0.137. The zero-order chi connectivity index (χ0) is 14.5. The smallest absolute Gasteiger partial charge is 0.303 e. The minimum atomic E-state index is -0.824. The maximum absolute atomic E-state index is 11.6. The van der Waals surface area contributed by atoms with Crippen molar-refractivity contribution < 1.29 is 14.7 Å². The molecule has 0 atom stereocenters. The summed E-state index contributed by atoms with van der Waals surface area (Å²) in [4.78, 5) is 26.3. The van der Waals surface area contributed by atoms with Crippen molar-refractivity contribution >= 4 is 28.3 Å². The molecule has 0 aliphatic carbocycles. The maximum atomic E-state index is 11.6. The topological polar surface area (TPSA) is 79.3 Å². The molecule has 0 saturated carbocycles. The van der Waals surface area contributed by atoms with E-state index in [9.17, 15) is 9.59 Å². The molecule has 0 bridgehead atoms. The molecule has 5 nitrogen and oxygen atoms in total. The predicted molar refractivity (Wildman–Crippen MR) is 75.5 cm³/mol. The van der Waals surface area contributed by atoms with E-state index in [4.69, 9.17) is 5.11 Å². The first-order valence-electron chi connectivity index (χ1n) is 6.26. The van der Waals surface area contributed by atoms with Gasteiger partial charge in [0.1, 0.15) is 0 Å². The number of carboxylic acid groups (broad SMARTS) is 1. The van der Waals surface area contributed by atoms with Crippen molar-refractivity contribution in [3.05, 3.63) is 11.1 Å². The molecule has 1 amide bonds. The molecule has 6 heteroatoms. The molecule has 0 aliphatic heterocycles. The molecule has 1 rings (SSSR count). The van der Waals surface area contributed by atoms with Crippen molar-refractivity contribution in [3.63, 3.8) is 0 Å². The van der Waals surface area contributed by atoms with Gasteiger partial charge in [-0.3, -0.25) is 9.59 Å². The average Bonchev–Trinajstić information content (AvgIpc) is 2.72. The Balaban J connectivity index is 2.36. The number of aromatic nitrogens is 1. The molecule has 0 saturated heterocycles. The molecule has 1 aromatic heterocycles. The van der Waals surface area contributed by atoms with Crippen molar-refractivity contribution in [3.8, 4) is 0 Å². The molecule has 0 aliphatic rings. The molecule has 2 N–H and O–H groups in total. The lowest BCUT2D eigenvalue weighted by Crippen LogP contribution is -2.14. The summed E-state index contributed by atoms with van der Waals surface area (Å²) in [5, 5.41) is 13.8. The summed E-state index contributed by atoms with van der Waals surface area (Å²) >= 11 is 1.41. The summed E-state index contributed by atoms with van der Waals surface area (Å²) in [6, 6.07) is 0. The number of anilines is 1. The number of hydrogen-bond donors (Lipinski definition) is 2. The minimum absolute atomic E-state index is 0.0268. The largest absolute Gasteiger partial charge is 0.481 e. The normalized spacial score (nSPS) is 11.3. The second-order valence-corrected chi connectivity index (χ2v) is 6.30. The highest BCUT2D eigenvalue weighted by Gasteiger charge is 2.18. The standard InChI is InChI=1S/C13H20N2O3S/c1-13(2,3)9-8-19-12(14-9)15-10(16)6-4-5-7-11(17)18/h8H,4-7H2,1-3H3,(H,17,18)(H,14,15,16). The fourth-order valence-corrected chi connectivity index (χ4v) is 2.37. The monoisotopic (exact) mass is 284 g/mol. The van der Waals surface area contributed by atoms with Gasteiger partial charge in [0.2, 0.25) is 5.91 Å². The number of aliphatic carboxylic acids is 1. The molecule has 0 radical (unpaired) electrons. The van der Waals surface area contributed by atoms with Crippen LogP contribution in [-0.4, -0.2) is 22.0 Å². The molecule has 19 heavy (non-hydrogen) atoms. The van der Waals surface area contributed by atoms with Gasteiger partial charge in [0.25, 0.3) is 0 Å². The Morgan fingerprint density at radius 3 is 2.47 bits per heavy atom. The molecule has 0 fully saturated rings. The molecule has 106 valence electrons. The third-order valence-electron chi connectivity index (χ3n) is 2.56. The summed E-state index contributed by atoms with van der Waals surface area (Å²) in [6.45, 7) is 6.21. The number of rotatable bonds is 6. The fourth-order valence-electron chi connectivity index (χ4n) is 1.42. The van der Waals surface area contributed by atoms with Crippen molar-refractivity contribution in [1.29, 1.82) is 0 Å². The van der Waals surface area contributed by atoms with E-state index in [-0.39, 0.29) is 17.7 Å². The van der Waals surface area contributed by atoms with E-state index in [2.05, 4.69) is 31.1 Å². The Bertz CT molecular complexity index is 449. The highest BCUT2D eigenvalue weighted by molar-refractivity contribution is 7.13. The summed E-state index contributed by atoms with van der Waals surface area (Å²) in [6.07, 6.45) is 1.54. The lowest BCUT2D eigenvalue weighted by atomic mass is 9.93. The van der Waals surface area contributed by atoms with Crippen LogP contribution in [0.3, 0.4) is 0 Å². The number of carbonyl (C=O) groups is 2. The van der Waals surface area contributed by atoms with E-state index < -0.39 is 5.97 Å². The number of hydrogen-bond acceptors (Lipinski definition) is 4. The van der Waals surface area contributed by atoms with E-state index in [0.717, 1.165) is 5.69 Å². The summed E-state index contributed by atoms with van der Waals surface area (Å²) in [7, 11) is 0. The van der Waals surface area contributed by atoms with Gasteiger partial charge in [0.05, 0.1) is 5.69 Å². The number of carbonyl (C=O) groups excluding carboxylic acids is 1. The van der Waals surface area contributed by atoms with Gasteiger partial charge in [-0.15, -0.1) is 11.3 Å². The highest BCUT2D eigenvalue weighted by Crippen LogP contribution is 2.26. The van der Waals surface area contributed by atoms with Gasteiger partial charge in [0.15, 0.2) is 5.13 Å². The van der Waals surface area contributed by atoms with E-state index in [0.29, 0.717) is 24.4 Å². The minimum Gasteiger partial charge on any atom is -0.481 e. The van der Waals surface area contributed by atoms with E-state index in [1.165, 1.54) is 11.3 Å². The average molecular weight is 284 g/mol. The number of unbranched alkanes of at least 4 members (excludes halogenated alkanes) is 1. The Labute approximate surface area is 117 Å². The van der Waals surface area contributed by atoms with Crippen molar-refractivity contribution in [2.45, 2.75) is 51.9 Å². The Morgan fingerprint density at radius 2 is 1.95 bits per heavy atom. The number of thiazole rings is 1. The van der Waals surface area contributed by atoms with Gasteiger partial charge >= 0.3 is 5.97 Å². The number of carboxylic acids is 1. The molecule has 0 spiro atoms. The van der Waals surface area contributed by atoms with Crippen LogP contribution in [0.2, 0.25) is 0 Å². The van der Waals surface area contributed by atoms with Gasteiger partial charge in [-0.1, -0.05) is 20.8 Å². The zero-order valence-electron chi connectivity index (χ0n) is 11.5. The van der Waals surface area contributed by atoms with Gasteiger partial charge in [-0.05, 0) is 12.8 Å². The molecule has 0 unspecified atom stereocenters. The van der Waals surface area contributed by atoms with Gasteiger partial charge in [-0.2, -0.15) is 0 Å². The highest BCUT2D eigenvalue weighted by atomic mass is 32.1. The molecule has 0 aromatic carbocycles. The van der Waals surface area contributed by atoms with Gasteiger partial charge < -0.3 is 10.4 Å². The second kappa shape index (κ2) is 6.65. The van der Waals surface area contributed by atoms with E-state index in [1.807, 2.05) is 5.38 Å². The first-order valence-corrected chi connectivity index (χ1v) is 7.14. The first-order chi connectivity index (χ1) is 8.79. The van der Waals surface area contributed by atoms with E-state index in [1.54, 1.807) is 0 Å². The van der Waals surface area contributed by atoms with Crippen LogP contribution in [0.5, 0.6) is 0 Å². The lowest BCUT2D eigenvalue weighted by Gasteiger charge is -2.14. The molecular weight excluding hydrogens is 264 g/mol. The zero-order valence-corrected chi connectivity index (χ0v) is 12.3. The summed E-state index contributed by atoms with van der Waals surface area (Å²) in [5.74, 6) is -0.935. The SMILES string of the molecule is CC(C)(C)c1csc(NC(=O)CCCCC(=O)O)n1. The number of nitrogens with one attached hydrogen (secondary N) is 1. The third-order valence-corrected chi connectivity index (χ3v) is 3.32. The molecular formula is C13H20N2O3S. The number of amides is 1. The summed E-state index contributed by atoms with van der Waals surface area (Å²) < 4.78 is 0. The van der Waals surface area contributed by atoms with Crippen molar-refractivity contribution in [2.75, 3.05) is 5.32 Å². The predicted octanol–water partition coefficient (Wildman–Crippen LogP) is 3.02. The van der Waals surface area contributed by atoms with Crippen LogP contribution in [0.25, 0.3) is 0 Å². The Morgan fingerprint density at radius 1 is 1.32 bits per heavy atom. The van der Waals surface area contributed by atoms with Gasteiger partial charge in [-0.25, -0.2) is 4.98 Å². The van der Waals surface area contributed by atoms with Crippen molar-refractivity contribution in [2.24, 2.45) is 0 Å². The second-order valence-electron chi connectivity index (χ2n) is 5.44. The van der Waals surface area contributed by atoms with Gasteiger partial charge in [0, 0.05) is 23.6 Å². The van der Waals surface area contributed by atoms with Crippen LogP contribution in [0.1, 0.15) is 52.1 Å². The van der Waals surface area contributed by atoms with Crippen LogP contribution < -0.4 is 5.32 Å². The van der Waals surface area contributed by atoms with Crippen LogP contribution in [0, 0.1) is 0 Å². The number of nitrogens with zero attached hydrogens (tertiary/aromatic N) is 1. The van der Waals surface area contributed by atoms with Crippen LogP contribution >= 0.6 is 11.3 Å². The Kier molecular flexibility index (Phi) is 5.47. The first kappa shape index (κ1) is 15.6. The fraction of sp³-hybridized carbons (Fsp3) is 0.615. The summed E-state index contributed by atoms with van der Waals surface area (Å²) in [5.41, 5.74) is 0.930. The maximum Gasteiger partial charge on any atom is 0.303 e. The molecule has 1 heterocycles. The van der Waals surface area contributed by atoms with Crippen molar-refractivity contribution in [1.82, 2.24) is 4.98 Å². The quantitative estimate of drug-likeness (QED) is 0.787. The van der Waals surface area contributed by atoms with Crippen LogP contribution in [-0.2, 0) is 15.0 Å². The molecule has 1 aromatic rings. The van der Waals surface area contributed by atoms with Crippen LogP contribution in [0.4, 0.5) is 5.13 Å². The third kappa shape index (κ3) is 5.83. The Hall–Kier alpha value is -1.43.